The molecule has 2 N–H and O–H groups in total. The summed E-state index contributed by atoms with van der Waals surface area (Å²) in [5, 5.41) is 3.35. The van der Waals surface area contributed by atoms with E-state index in [1.807, 2.05) is 5.32 Å². The van der Waals surface area contributed by atoms with Crippen molar-refractivity contribution in [2.45, 2.75) is 84.3 Å². The van der Waals surface area contributed by atoms with Crippen molar-refractivity contribution in [1.29, 1.82) is 0 Å². The average Bonchev–Trinajstić information content (AvgIpc) is 2.99. The first-order chi connectivity index (χ1) is 22.3. The quantitative estimate of drug-likeness (QED) is 0.707. The van der Waals surface area contributed by atoms with Crippen molar-refractivity contribution in [3.8, 4) is 0 Å². The van der Waals surface area contributed by atoms with Crippen LogP contribution >= 0.6 is 0 Å². The standard InChI is InChI=1S/C23H36N2O2/c1-21(2,3)25-20(27)17-8-7-15-14-6-9-18-23(5,13-11-19(26)24-18)16(14)10-12-22(15,17)4/h11,13-18H,6-10,12H2,1-5H3,(H,24,26)(H,25,27)/t14-,15-,16-,17+,18+,22-,23+/m0/s1/i4D3,5D3,6D2,7D2,8D2,9D2,10D2,11D,12D2,13D,14D,15D,16D,17D,18D. The highest BCUT2D eigenvalue weighted by molar-refractivity contribution is 5.89. The number of carbonyl (C=O) groups is 2. The minimum atomic E-state index is -5.28. The molecule has 1 heterocycles. The second-order valence-corrected chi connectivity index (χ2v) is 7.53. The third kappa shape index (κ3) is 2.94. The van der Waals surface area contributed by atoms with Gasteiger partial charge < -0.3 is 10.6 Å². The van der Waals surface area contributed by atoms with Gasteiger partial charge in [0.15, 0.2) is 0 Å². The Kier molecular flexibility index (Phi) is 1.22. The van der Waals surface area contributed by atoms with Gasteiger partial charge in [0.05, 0.1) is 4.11 Å². The van der Waals surface area contributed by atoms with Crippen molar-refractivity contribution >= 4 is 11.8 Å². The third-order valence-corrected chi connectivity index (χ3v) is 4.32. The van der Waals surface area contributed by atoms with Gasteiger partial charge in [-0.2, -0.15) is 0 Å². The summed E-state index contributed by atoms with van der Waals surface area (Å²) < 4.78 is 226. The molecule has 3 aliphatic carbocycles. The summed E-state index contributed by atoms with van der Waals surface area (Å²) in [5.74, 6) is -24.6. The molecule has 0 aromatic heterocycles. The first kappa shape index (κ1) is 5.43. The first-order valence-electron chi connectivity index (χ1n) is 20.7. The molecule has 0 aromatic rings. The topological polar surface area (TPSA) is 58.2 Å². The van der Waals surface area contributed by atoms with Gasteiger partial charge in [0.25, 0.3) is 0 Å². The summed E-state index contributed by atoms with van der Waals surface area (Å²) in [5.41, 5.74) is -11.5. The van der Waals surface area contributed by atoms with Crippen LogP contribution in [0.2, 0.25) is 0 Å². The second-order valence-electron chi connectivity index (χ2n) is 7.53. The highest BCUT2D eigenvalue weighted by atomic mass is 16.2. The van der Waals surface area contributed by atoms with Gasteiger partial charge >= 0.3 is 0 Å². The number of fused-ring (bicyclic) bond motifs is 5. The minimum absolute atomic E-state index is 1.18. The molecule has 27 heavy (non-hydrogen) atoms. The molecule has 3 fully saturated rings. The summed E-state index contributed by atoms with van der Waals surface area (Å²) in [6, 6.07) is -8.55. The van der Waals surface area contributed by atoms with Crippen LogP contribution in [0.25, 0.3) is 0 Å². The van der Waals surface area contributed by atoms with Crippen LogP contribution in [0.15, 0.2) is 12.1 Å². The molecule has 4 nitrogen and oxygen atoms in total. The van der Waals surface area contributed by atoms with Crippen LogP contribution in [-0.2, 0) is 9.59 Å². The Morgan fingerprint density at radius 1 is 1.30 bits per heavy atom. The molecule has 0 aromatic carbocycles. The van der Waals surface area contributed by atoms with Gasteiger partial charge in [-0.15, -0.1) is 0 Å². The Morgan fingerprint density at radius 3 is 2.81 bits per heavy atom. The van der Waals surface area contributed by atoms with Crippen LogP contribution < -0.4 is 10.6 Å². The Balaban J connectivity index is 2.61. The molecule has 0 spiro atoms. The van der Waals surface area contributed by atoms with Crippen molar-refractivity contribution in [2.75, 3.05) is 0 Å². The lowest BCUT2D eigenvalue weighted by atomic mass is 9.48. The molecular formula is C23H36N2O2. The molecular weight excluding hydrogens is 336 g/mol. The Bertz CT molecular complexity index is 1680. The fourth-order valence-electron chi connectivity index (χ4n) is 3.08. The monoisotopic (exact) mass is 397 g/mol. The zero-order chi connectivity index (χ0) is 41.7. The van der Waals surface area contributed by atoms with E-state index in [0.717, 1.165) is 0 Å². The van der Waals surface area contributed by atoms with E-state index in [-0.39, 0.29) is 0 Å². The summed E-state index contributed by atoms with van der Waals surface area (Å²) in [6.45, 7) is -5.89. The summed E-state index contributed by atoms with van der Waals surface area (Å²) in [4.78, 5) is 27.2. The SMILES string of the molecule is [2H]C1=C([2H])[C@]2(C([2H])([2H])[2H])[C@@]3([2H])C([2H])([2H])C([2H])([2H])[C@@]4(C([2H])([2H])[2H])[C@@]([2H])(C([2H])([2H])C([2H])([2H])[C@]4([2H])C(=O)NC(C)(C)C)[C@]3([2H])C([2H])([2H])C([2H])([2H])[C@@]2([2H])NC1=O. The molecule has 0 saturated heterocycles. The molecule has 0 radical (unpaired) electrons. The predicted molar refractivity (Wildman–Crippen MR) is 107 cm³/mol. The highest BCUT2D eigenvalue weighted by Crippen LogP contribution is 2.65. The van der Waals surface area contributed by atoms with Crippen LogP contribution in [0.1, 0.15) is 107 Å². The van der Waals surface area contributed by atoms with Crippen LogP contribution in [0.4, 0.5) is 0 Å². The van der Waals surface area contributed by atoms with Gasteiger partial charge in [-0.25, -0.2) is 0 Å². The number of carbonyl (C=O) groups excluding carboxylic acids is 2. The van der Waals surface area contributed by atoms with E-state index in [4.69, 9.17) is 21.9 Å². The molecule has 4 aliphatic rings. The zero-order valence-corrected chi connectivity index (χ0v) is 14.8. The van der Waals surface area contributed by atoms with E-state index >= 15 is 0 Å². The predicted octanol–water partition coefficient (Wildman–Crippen LogP) is 3.81. The summed E-state index contributed by atoms with van der Waals surface area (Å²) in [7, 11) is 0. The van der Waals surface area contributed by atoms with E-state index in [1.54, 1.807) is 0 Å². The Morgan fingerprint density at radius 2 is 2.11 bits per heavy atom. The third-order valence-electron chi connectivity index (χ3n) is 4.32. The largest absolute Gasteiger partial charge is 0.351 e. The van der Waals surface area contributed by atoms with Crippen molar-refractivity contribution in [3.05, 3.63) is 12.1 Å². The van der Waals surface area contributed by atoms with Crippen molar-refractivity contribution in [1.82, 2.24) is 10.6 Å². The van der Waals surface area contributed by atoms with Crippen LogP contribution in [-0.4, -0.2) is 23.4 Å². The van der Waals surface area contributed by atoms with Gasteiger partial charge in [0, 0.05) is 53.0 Å². The fraction of sp³-hybridized carbons (Fsp3) is 0.826. The van der Waals surface area contributed by atoms with Crippen molar-refractivity contribution in [3.63, 3.8) is 0 Å². The van der Waals surface area contributed by atoms with Crippen molar-refractivity contribution < 1.29 is 43.9 Å². The smallest absolute Gasteiger partial charge is 0.243 e. The number of nitrogens with one attached hydrogen (secondary N) is 2. The maximum Gasteiger partial charge on any atom is 0.243 e. The van der Waals surface area contributed by atoms with E-state index in [9.17, 15) is 21.9 Å². The minimum Gasteiger partial charge on any atom is -0.351 e. The molecule has 0 unspecified atom stereocenters. The lowest BCUT2D eigenvalue weighted by Gasteiger charge is -2.58. The molecule has 1 aliphatic heterocycles. The van der Waals surface area contributed by atoms with Gasteiger partial charge in [0.2, 0.25) is 11.8 Å². The maximum atomic E-state index is 14.3. The molecule has 7 atom stereocenters. The molecule has 4 rings (SSSR count). The van der Waals surface area contributed by atoms with Crippen LogP contribution in [0.3, 0.4) is 0 Å². The lowest BCUT2D eigenvalue weighted by Crippen LogP contribution is -2.59. The number of amides is 2. The molecule has 2 amide bonds. The van der Waals surface area contributed by atoms with Crippen LogP contribution in [0, 0.1) is 34.4 Å². The van der Waals surface area contributed by atoms with Gasteiger partial charge in [-0.05, 0) is 88.2 Å². The van der Waals surface area contributed by atoms with Crippen LogP contribution in [0.5, 0.6) is 0 Å². The normalized spacial score (nSPS) is 86.2. The van der Waals surface area contributed by atoms with E-state index in [1.165, 1.54) is 26.1 Å². The van der Waals surface area contributed by atoms with E-state index < -0.39 is 122 Å². The highest BCUT2D eigenvalue weighted by Gasteiger charge is 2.60. The first-order valence-corrected chi connectivity index (χ1v) is 8.16. The number of rotatable bonds is 1. The molecule has 150 valence electrons. The van der Waals surface area contributed by atoms with E-state index in [0.29, 0.717) is 0 Å². The second kappa shape index (κ2) is 6.09. The fourth-order valence-corrected chi connectivity index (χ4v) is 3.08. The number of hydrogen-bond donors (Lipinski definition) is 2. The maximum absolute atomic E-state index is 14.3. The molecule has 3 saturated carbocycles. The van der Waals surface area contributed by atoms with Crippen molar-refractivity contribution in [2.24, 2.45) is 34.4 Å². The Labute approximate surface area is 199 Å². The Hall–Kier alpha value is -1.32. The summed E-state index contributed by atoms with van der Waals surface area (Å²) >= 11 is 0. The average molecular weight is 398 g/mol. The number of hydrogen-bond acceptors (Lipinski definition) is 2. The molecule has 4 heteroatoms. The molecule has 0 bridgehead atoms. The van der Waals surface area contributed by atoms with Gasteiger partial charge in [0.1, 0.15) is 0 Å². The van der Waals surface area contributed by atoms with Gasteiger partial charge in [-0.1, -0.05) is 19.8 Å². The van der Waals surface area contributed by atoms with E-state index in [2.05, 4.69) is 0 Å². The lowest BCUT2D eigenvalue weighted by molar-refractivity contribution is -0.135. The zero-order valence-electron chi connectivity index (χ0n) is 39.8. The summed E-state index contributed by atoms with van der Waals surface area (Å²) in [6.07, 6.45) is -29.4. The van der Waals surface area contributed by atoms with Gasteiger partial charge in [-0.3, -0.25) is 9.59 Å².